The summed E-state index contributed by atoms with van der Waals surface area (Å²) in [5.41, 5.74) is 0.731. The van der Waals surface area contributed by atoms with Crippen LogP contribution in [0.4, 0.5) is 0 Å². The van der Waals surface area contributed by atoms with Crippen molar-refractivity contribution in [3.8, 4) is 0 Å². The first-order chi connectivity index (χ1) is 13.8. The van der Waals surface area contributed by atoms with Crippen LogP contribution < -0.4 is 0 Å². The lowest BCUT2D eigenvalue weighted by Crippen LogP contribution is -2.58. The zero-order valence-corrected chi connectivity index (χ0v) is 19.2. The summed E-state index contributed by atoms with van der Waals surface area (Å²) < 4.78 is 0. The molecule has 0 aliphatic heterocycles. The van der Waals surface area contributed by atoms with Gasteiger partial charge in [-0.15, -0.1) is 0 Å². The van der Waals surface area contributed by atoms with E-state index in [9.17, 15) is 10.2 Å². The van der Waals surface area contributed by atoms with E-state index in [4.69, 9.17) is 5.11 Å². The van der Waals surface area contributed by atoms with Gasteiger partial charge in [-0.25, -0.2) is 0 Å². The molecule has 3 nitrogen and oxygen atoms in total. The second-order valence-corrected chi connectivity index (χ2v) is 12.0. The third-order valence-corrected chi connectivity index (χ3v) is 10.7. The average molecular weight is 407 g/mol. The minimum Gasteiger partial charge on any atom is -0.396 e. The first-order valence-corrected chi connectivity index (χ1v) is 12.8. The van der Waals surface area contributed by atoms with Gasteiger partial charge in [0.15, 0.2) is 0 Å². The van der Waals surface area contributed by atoms with Crippen molar-refractivity contribution in [1.29, 1.82) is 0 Å². The van der Waals surface area contributed by atoms with Gasteiger partial charge in [-0.2, -0.15) is 0 Å². The molecule has 0 bridgehead atoms. The van der Waals surface area contributed by atoms with Crippen LogP contribution in [0.5, 0.6) is 0 Å². The largest absolute Gasteiger partial charge is 0.396 e. The Kier molecular flexibility index (Phi) is 6.42. The normalized spacial score (nSPS) is 50.5. The fourth-order valence-corrected chi connectivity index (χ4v) is 9.13. The molecule has 4 saturated carbocycles. The van der Waals surface area contributed by atoms with Crippen molar-refractivity contribution < 1.29 is 15.3 Å². The van der Waals surface area contributed by atoms with E-state index < -0.39 is 0 Å². The van der Waals surface area contributed by atoms with Gasteiger partial charge in [0.2, 0.25) is 0 Å². The number of fused-ring (bicyclic) bond motifs is 5. The average Bonchev–Trinajstić information content (AvgIpc) is 3.04. The first kappa shape index (κ1) is 22.1. The molecule has 168 valence electrons. The van der Waals surface area contributed by atoms with Crippen LogP contribution in [-0.2, 0) is 0 Å². The van der Waals surface area contributed by atoms with Crippen molar-refractivity contribution in [2.75, 3.05) is 6.61 Å². The maximum Gasteiger partial charge on any atom is 0.0577 e. The van der Waals surface area contributed by atoms with E-state index in [0.29, 0.717) is 41.1 Å². The Morgan fingerprint density at radius 3 is 2.34 bits per heavy atom. The molecule has 0 heterocycles. The lowest BCUT2D eigenvalue weighted by Gasteiger charge is -2.62. The summed E-state index contributed by atoms with van der Waals surface area (Å²) in [5.74, 6) is 3.89. The molecule has 4 rings (SSSR count). The number of hydrogen-bond acceptors (Lipinski definition) is 3. The molecular formula is C26H46O3. The van der Waals surface area contributed by atoms with E-state index in [1.165, 1.54) is 38.5 Å². The molecule has 3 N–H and O–H groups in total. The molecular weight excluding hydrogens is 360 g/mol. The summed E-state index contributed by atoms with van der Waals surface area (Å²) in [6.45, 7) is 7.88. The second-order valence-electron chi connectivity index (χ2n) is 12.0. The van der Waals surface area contributed by atoms with Gasteiger partial charge in [-0.1, -0.05) is 40.0 Å². The van der Waals surface area contributed by atoms with E-state index in [0.717, 1.165) is 50.4 Å². The van der Waals surface area contributed by atoms with Crippen LogP contribution in [0.3, 0.4) is 0 Å². The van der Waals surface area contributed by atoms with Gasteiger partial charge in [0.25, 0.3) is 0 Å². The van der Waals surface area contributed by atoms with Crippen molar-refractivity contribution in [2.24, 2.45) is 46.3 Å². The molecule has 4 aliphatic carbocycles. The molecule has 3 heteroatoms. The number of unbranched alkanes of at least 4 members (excludes halogenated alkanes) is 2. The predicted molar refractivity (Wildman–Crippen MR) is 117 cm³/mol. The summed E-state index contributed by atoms with van der Waals surface area (Å²) in [6, 6.07) is 0. The highest BCUT2D eigenvalue weighted by atomic mass is 16.3. The Balaban J connectivity index is 1.49. The standard InChI is InChI=1S/C26H46O3/c1-17(7-5-4-6-14-27)20-8-9-21-24-22(11-13-26(20,21)3)25(2)12-10-19(28)15-18(25)16-23(24)29/h17-24,27-29H,4-16H2,1-3H3/t17-,18+,19-,20-,21?,22?,23+,24?,25+,26-/m1/s1. The molecule has 4 aliphatic rings. The first-order valence-electron chi connectivity index (χ1n) is 12.8. The fourth-order valence-electron chi connectivity index (χ4n) is 9.13. The minimum absolute atomic E-state index is 0.145. The van der Waals surface area contributed by atoms with Crippen LogP contribution in [0.2, 0.25) is 0 Å². The number of aliphatic hydroxyl groups is 3. The van der Waals surface area contributed by atoms with E-state index in [-0.39, 0.29) is 12.2 Å². The SMILES string of the molecule is C[C@H](CCCCCO)[C@H]1CCC2C3C(CC[C@@]21C)[C@@]1(C)CC[C@@H](O)C[C@H]1C[C@@H]3O. The molecule has 0 amide bonds. The molecule has 10 atom stereocenters. The van der Waals surface area contributed by atoms with E-state index in [2.05, 4.69) is 20.8 Å². The van der Waals surface area contributed by atoms with Gasteiger partial charge < -0.3 is 15.3 Å². The Bertz CT molecular complexity index is 564. The summed E-state index contributed by atoms with van der Waals surface area (Å²) in [7, 11) is 0. The Labute approximate surface area is 178 Å². The minimum atomic E-state index is -0.161. The molecule has 0 aromatic rings. The molecule has 4 fully saturated rings. The van der Waals surface area contributed by atoms with Crippen molar-refractivity contribution in [3.05, 3.63) is 0 Å². The van der Waals surface area contributed by atoms with Gasteiger partial charge in [0, 0.05) is 6.61 Å². The highest BCUT2D eigenvalue weighted by Gasteiger charge is 2.62. The lowest BCUT2D eigenvalue weighted by atomic mass is 9.43. The topological polar surface area (TPSA) is 60.7 Å². The zero-order valence-electron chi connectivity index (χ0n) is 19.2. The van der Waals surface area contributed by atoms with E-state index in [1.54, 1.807) is 0 Å². The van der Waals surface area contributed by atoms with Gasteiger partial charge >= 0.3 is 0 Å². The molecule has 0 aromatic carbocycles. The van der Waals surface area contributed by atoms with Crippen molar-refractivity contribution >= 4 is 0 Å². The van der Waals surface area contributed by atoms with Crippen LogP contribution in [0.25, 0.3) is 0 Å². The molecule has 0 saturated heterocycles. The van der Waals surface area contributed by atoms with Crippen molar-refractivity contribution in [1.82, 2.24) is 0 Å². The smallest absolute Gasteiger partial charge is 0.0577 e. The number of hydrogen-bond donors (Lipinski definition) is 3. The van der Waals surface area contributed by atoms with Crippen molar-refractivity contribution in [2.45, 2.75) is 110 Å². The number of aliphatic hydroxyl groups excluding tert-OH is 3. The highest BCUT2D eigenvalue weighted by molar-refractivity contribution is 5.11. The Morgan fingerprint density at radius 2 is 1.59 bits per heavy atom. The maximum atomic E-state index is 11.3. The van der Waals surface area contributed by atoms with Crippen LogP contribution in [0, 0.1) is 46.3 Å². The second kappa shape index (κ2) is 8.43. The van der Waals surface area contributed by atoms with Gasteiger partial charge in [0.05, 0.1) is 12.2 Å². The molecule has 0 radical (unpaired) electrons. The lowest BCUT2D eigenvalue weighted by molar-refractivity contribution is -0.174. The quantitative estimate of drug-likeness (QED) is 0.534. The monoisotopic (exact) mass is 406 g/mol. The van der Waals surface area contributed by atoms with E-state index in [1.807, 2.05) is 0 Å². The van der Waals surface area contributed by atoms with Gasteiger partial charge in [0.1, 0.15) is 0 Å². The maximum absolute atomic E-state index is 11.3. The molecule has 3 unspecified atom stereocenters. The molecule has 0 spiro atoms. The van der Waals surface area contributed by atoms with Crippen LogP contribution in [-0.4, -0.2) is 34.1 Å². The van der Waals surface area contributed by atoms with Crippen LogP contribution >= 0.6 is 0 Å². The predicted octanol–water partition coefficient (Wildman–Crippen LogP) is 5.17. The number of rotatable bonds is 6. The Morgan fingerprint density at radius 1 is 0.862 bits per heavy atom. The summed E-state index contributed by atoms with van der Waals surface area (Å²) in [6.07, 6.45) is 13.5. The summed E-state index contributed by atoms with van der Waals surface area (Å²) >= 11 is 0. The Hall–Kier alpha value is -0.120. The molecule has 0 aromatic heterocycles. The van der Waals surface area contributed by atoms with Gasteiger partial charge in [-0.3, -0.25) is 0 Å². The highest BCUT2D eigenvalue weighted by Crippen LogP contribution is 2.68. The van der Waals surface area contributed by atoms with Crippen LogP contribution in [0.15, 0.2) is 0 Å². The third kappa shape index (κ3) is 3.72. The van der Waals surface area contributed by atoms with Crippen LogP contribution in [0.1, 0.15) is 97.8 Å². The molecule has 29 heavy (non-hydrogen) atoms. The van der Waals surface area contributed by atoms with Gasteiger partial charge in [-0.05, 0) is 104 Å². The summed E-state index contributed by atoms with van der Waals surface area (Å²) in [5, 5.41) is 30.6. The van der Waals surface area contributed by atoms with Crippen molar-refractivity contribution in [3.63, 3.8) is 0 Å². The fraction of sp³-hybridized carbons (Fsp3) is 1.00. The zero-order chi connectivity index (χ0) is 20.8. The van der Waals surface area contributed by atoms with E-state index >= 15 is 0 Å². The third-order valence-electron chi connectivity index (χ3n) is 10.7. The summed E-state index contributed by atoms with van der Waals surface area (Å²) in [4.78, 5) is 0.